The van der Waals surface area contributed by atoms with Crippen LogP contribution in [-0.4, -0.2) is 24.6 Å². The quantitative estimate of drug-likeness (QED) is 0.437. The molecule has 2 rings (SSSR count). The molecule has 0 aromatic heterocycles. The first-order valence-corrected chi connectivity index (χ1v) is 9.78. The van der Waals surface area contributed by atoms with Crippen LogP contribution in [-0.2, 0) is 25.5 Å². The van der Waals surface area contributed by atoms with Gasteiger partial charge in [0.15, 0.2) is 0 Å². The average Bonchev–Trinajstić information content (AvgIpc) is 2.72. The fraction of sp³-hybridized carbons (Fsp3) is 0.333. The summed E-state index contributed by atoms with van der Waals surface area (Å²) in [5, 5.41) is 0. The maximum absolute atomic E-state index is 12.6. The highest BCUT2D eigenvalue weighted by atomic mass is 16.6. The van der Waals surface area contributed by atoms with E-state index < -0.39 is 18.0 Å². The van der Waals surface area contributed by atoms with Crippen LogP contribution in [0.15, 0.2) is 66.7 Å². The monoisotopic (exact) mass is 380 g/mol. The van der Waals surface area contributed by atoms with E-state index in [0.29, 0.717) is 19.4 Å². The first kappa shape index (κ1) is 21.4. The van der Waals surface area contributed by atoms with Crippen LogP contribution in [0.4, 0.5) is 0 Å². The number of esters is 2. The van der Waals surface area contributed by atoms with Gasteiger partial charge in [0.25, 0.3) is 0 Å². The van der Waals surface area contributed by atoms with Crippen molar-refractivity contribution in [3.8, 4) is 0 Å². The fourth-order valence-corrected chi connectivity index (χ4v) is 3.03. The number of hydrogen-bond acceptors (Lipinski definition) is 4. The van der Waals surface area contributed by atoms with Gasteiger partial charge >= 0.3 is 11.9 Å². The van der Waals surface area contributed by atoms with E-state index in [1.54, 1.807) is 13.0 Å². The van der Waals surface area contributed by atoms with Gasteiger partial charge in [0.05, 0.1) is 12.5 Å². The molecule has 2 aromatic rings. The molecule has 0 heterocycles. The van der Waals surface area contributed by atoms with E-state index in [4.69, 9.17) is 9.47 Å². The topological polar surface area (TPSA) is 52.6 Å². The summed E-state index contributed by atoms with van der Waals surface area (Å²) in [5.41, 5.74) is 1.93. The third kappa shape index (κ3) is 7.03. The van der Waals surface area contributed by atoms with Gasteiger partial charge in [0.2, 0.25) is 0 Å². The van der Waals surface area contributed by atoms with E-state index in [0.717, 1.165) is 17.5 Å². The Labute approximate surface area is 167 Å². The van der Waals surface area contributed by atoms with Gasteiger partial charge in [-0.05, 0) is 37.0 Å². The molecular formula is C24H28O4. The van der Waals surface area contributed by atoms with Crippen molar-refractivity contribution >= 4 is 18.0 Å². The van der Waals surface area contributed by atoms with E-state index in [2.05, 4.69) is 0 Å². The summed E-state index contributed by atoms with van der Waals surface area (Å²) in [5.74, 6) is -1.31. The second-order valence-corrected chi connectivity index (χ2v) is 6.56. The largest absolute Gasteiger partial charge is 0.466 e. The van der Waals surface area contributed by atoms with Crippen molar-refractivity contribution in [1.29, 1.82) is 0 Å². The summed E-state index contributed by atoms with van der Waals surface area (Å²) in [7, 11) is 0. The highest BCUT2D eigenvalue weighted by molar-refractivity contribution is 5.87. The standard InChI is InChI=1S/C24H28O4/c1-3-11-22(28-23(25)17-16-19-12-7-5-8-13-19)21(24(26)27-4-2)18-20-14-9-6-10-15-20/h5-10,12-17,21-22H,3-4,11,18H2,1-2H3. The van der Waals surface area contributed by atoms with Crippen molar-refractivity contribution in [2.24, 2.45) is 5.92 Å². The van der Waals surface area contributed by atoms with Crippen molar-refractivity contribution in [1.82, 2.24) is 0 Å². The van der Waals surface area contributed by atoms with Crippen molar-refractivity contribution < 1.29 is 19.1 Å². The van der Waals surface area contributed by atoms with Gasteiger partial charge in [-0.2, -0.15) is 0 Å². The van der Waals surface area contributed by atoms with Crippen molar-refractivity contribution in [3.05, 3.63) is 77.9 Å². The number of carbonyl (C=O) groups excluding carboxylic acids is 2. The fourth-order valence-electron chi connectivity index (χ4n) is 3.03. The molecule has 28 heavy (non-hydrogen) atoms. The summed E-state index contributed by atoms with van der Waals surface area (Å²) in [6, 6.07) is 19.3. The van der Waals surface area contributed by atoms with E-state index in [1.807, 2.05) is 67.6 Å². The zero-order valence-electron chi connectivity index (χ0n) is 16.5. The van der Waals surface area contributed by atoms with Crippen molar-refractivity contribution in [2.75, 3.05) is 6.61 Å². The van der Waals surface area contributed by atoms with Gasteiger partial charge < -0.3 is 9.47 Å². The molecule has 0 aliphatic carbocycles. The Morgan fingerprint density at radius 1 is 0.964 bits per heavy atom. The van der Waals surface area contributed by atoms with Crippen LogP contribution in [0.1, 0.15) is 37.8 Å². The molecule has 0 amide bonds. The Bertz CT molecular complexity index is 753. The molecule has 0 radical (unpaired) electrons. The minimum absolute atomic E-state index is 0.296. The summed E-state index contributed by atoms with van der Waals surface area (Å²) >= 11 is 0. The molecule has 4 heteroatoms. The number of hydrogen-bond donors (Lipinski definition) is 0. The molecular weight excluding hydrogens is 352 g/mol. The summed E-state index contributed by atoms with van der Waals surface area (Å²) in [4.78, 5) is 25.0. The number of rotatable bonds is 10. The third-order valence-corrected chi connectivity index (χ3v) is 4.39. The highest BCUT2D eigenvalue weighted by Crippen LogP contribution is 2.21. The highest BCUT2D eigenvalue weighted by Gasteiger charge is 2.32. The van der Waals surface area contributed by atoms with Crippen LogP contribution in [0.25, 0.3) is 6.08 Å². The summed E-state index contributed by atoms with van der Waals surface area (Å²) in [6.07, 6.45) is 4.45. The molecule has 0 aliphatic rings. The molecule has 2 aromatic carbocycles. The smallest absolute Gasteiger partial charge is 0.331 e. The van der Waals surface area contributed by atoms with E-state index in [-0.39, 0.29) is 5.97 Å². The second-order valence-electron chi connectivity index (χ2n) is 6.56. The first-order chi connectivity index (χ1) is 13.6. The third-order valence-electron chi connectivity index (χ3n) is 4.39. The van der Waals surface area contributed by atoms with Crippen LogP contribution >= 0.6 is 0 Å². The molecule has 2 unspecified atom stereocenters. The van der Waals surface area contributed by atoms with Crippen LogP contribution in [0.2, 0.25) is 0 Å². The molecule has 0 saturated heterocycles. The van der Waals surface area contributed by atoms with Gasteiger partial charge in [-0.15, -0.1) is 0 Å². The molecule has 4 nitrogen and oxygen atoms in total. The number of ether oxygens (including phenoxy) is 2. The minimum Gasteiger partial charge on any atom is -0.466 e. The van der Waals surface area contributed by atoms with Crippen LogP contribution in [0, 0.1) is 5.92 Å². The molecule has 148 valence electrons. The lowest BCUT2D eigenvalue weighted by molar-refractivity contribution is -0.159. The zero-order valence-corrected chi connectivity index (χ0v) is 16.5. The predicted molar refractivity (Wildman–Crippen MR) is 111 cm³/mol. The zero-order chi connectivity index (χ0) is 20.2. The van der Waals surface area contributed by atoms with Gasteiger partial charge in [-0.1, -0.05) is 74.0 Å². The minimum atomic E-state index is -0.531. The van der Waals surface area contributed by atoms with Crippen molar-refractivity contribution in [2.45, 2.75) is 39.2 Å². The Kier molecular flexibility index (Phi) is 8.99. The summed E-state index contributed by atoms with van der Waals surface area (Å²) < 4.78 is 11.0. The Hall–Kier alpha value is -2.88. The molecule has 0 fully saturated rings. The molecule has 2 atom stereocenters. The number of carbonyl (C=O) groups is 2. The van der Waals surface area contributed by atoms with E-state index in [9.17, 15) is 9.59 Å². The van der Waals surface area contributed by atoms with Gasteiger partial charge in [-0.25, -0.2) is 4.79 Å². The molecule has 0 N–H and O–H groups in total. The Balaban J connectivity index is 2.13. The predicted octanol–water partition coefficient (Wildman–Crippen LogP) is 4.83. The SMILES string of the molecule is CCCC(OC(=O)C=Cc1ccccc1)C(Cc1ccccc1)C(=O)OCC. The second kappa shape index (κ2) is 11.8. The van der Waals surface area contributed by atoms with Gasteiger partial charge in [0, 0.05) is 6.08 Å². The average molecular weight is 380 g/mol. The normalized spacial score (nSPS) is 13.1. The summed E-state index contributed by atoms with van der Waals surface area (Å²) in [6.45, 7) is 4.08. The van der Waals surface area contributed by atoms with Crippen molar-refractivity contribution in [3.63, 3.8) is 0 Å². The molecule has 0 spiro atoms. The lowest BCUT2D eigenvalue weighted by atomic mass is 9.91. The molecule has 0 bridgehead atoms. The van der Waals surface area contributed by atoms with E-state index in [1.165, 1.54) is 6.08 Å². The van der Waals surface area contributed by atoms with Crippen LogP contribution in [0.3, 0.4) is 0 Å². The lowest BCUT2D eigenvalue weighted by Gasteiger charge is -2.25. The lowest BCUT2D eigenvalue weighted by Crippen LogP contribution is -2.35. The van der Waals surface area contributed by atoms with Crippen LogP contribution < -0.4 is 0 Å². The molecule has 0 aliphatic heterocycles. The van der Waals surface area contributed by atoms with Crippen LogP contribution in [0.5, 0.6) is 0 Å². The number of benzene rings is 2. The maximum Gasteiger partial charge on any atom is 0.331 e. The first-order valence-electron chi connectivity index (χ1n) is 9.78. The Morgan fingerprint density at radius 2 is 1.61 bits per heavy atom. The van der Waals surface area contributed by atoms with E-state index >= 15 is 0 Å². The van der Waals surface area contributed by atoms with Gasteiger partial charge in [0.1, 0.15) is 6.10 Å². The Morgan fingerprint density at radius 3 is 2.21 bits per heavy atom. The van der Waals surface area contributed by atoms with Gasteiger partial charge in [-0.3, -0.25) is 4.79 Å². The molecule has 0 saturated carbocycles. The maximum atomic E-state index is 12.6.